The van der Waals surface area contributed by atoms with Crippen LogP contribution in [0.25, 0.3) is 0 Å². The molecular weight excluding hydrogens is 360 g/mol. The first-order chi connectivity index (χ1) is 13.6. The number of nitrogens with one attached hydrogen (secondary N) is 1. The van der Waals surface area contributed by atoms with Gasteiger partial charge in [-0.25, -0.2) is 10.4 Å². The third-order valence-corrected chi connectivity index (χ3v) is 5.22. The molecule has 0 bridgehead atoms. The van der Waals surface area contributed by atoms with Crippen LogP contribution in [0.2, 0.25) is 0 Å². The topological polar surface area (TPSA) is 49.4 Å². The van der Waals surface area contributed by atoms with Crippen LogP contribution in [0.1, 0.15) is 78.4 Å². The van der Waals surface area contributed by atoms with E-state index in [0.29, 0.717) is 11.1 Å². The van der Waals surface area contributed by atoms with Crippen molar-refractivity contribution in [1.82, 2.24) is 10.4 Å². The van der Waals surface area contributed by atoms with Crippen LogP contribution in [0.4, 0.5) is 0 Å². The lowest BCUT2D eigenvalue weighted by atomic mass is 9.85. The molecule has 1 atom stereocenters. The predicted octanol–water partition coefficient (Wildman–Crippen LogP) is 5.48. The number of hydrazine groups is 1. The minimum absolute atomic E-state index is 0.0313. The SMILES string of the molecule is CCc1ccc(C(=O)N(NC(CC)C(C)(C)C)C(=O)c2cc(C)cc(C)c2)cc1. The molecule has 0 aromatic heterocycles. The molecule has 0 saturated heterocycles. The number of carbonyl (C=O) groups is 2. The summed E-state index contributed by atoms with van der Waals surface area (Å²) in [4.78, 5) is 26.8. The fourth-order valence-electron chi connectivity index (χ4n) is 3.50. The Morgan fingerprint density at radius 2 is 1.41 bits per heavy atom. The number of hydrogen-bond donors (Lipinski definition) is 1. The molecular formula is C25H34N2O2. The van der Waals surface area contributed by atoms with E-state index in [0.717, 1.165) is 29.5 Å². The maximum absolute atomic E-state index is 13.4. The average Bonchev–Trinajstić information content (AvgIpc) is 2.66. The Bertz CT molecular complexity index is 843. The number of aryl methyl sites for hydroxylation is 3. The lowest BCUT2D eigenvalue weighted by Crippen LogP contribution is -2.55. The molecule has 156 valence electrons. The van der Waals surface area contributed by atoms with Crippen molar-refractivity contribution < 1.29 is 9.59 Å². The van der Waals surface area contributed by atoms with Crippen molar-refractivity contribution in [2.45, 2.75) is 67.3 Å². The molecule has 2 aromatic rings. The number of benzene rings is 2. The molecule has 0 spiro atoms. The second kappa shape index (κ2) is 9.36. The molecule has 4 heteroatoms. The van der Waals surface area contributed by atoms with E-state index in [2.05, 4.69) is 40.0 Å². The van der Waals surface area contributed by atoms with E-state index in [1.807, 2.05) is 44.2 Å². The van der Waals surface area contributed by atoms with Crippen molar-refractivity contribution in [3.05, 3.63) is 70.3 Å². The van der Waals surface area contributed by atoms with Gasteiger partial charge in [0.05, 0.1) is 0 Å². The van der Waals surface area contributed by atoms with Gasteiger partial charge in [0.25, 0.3) is 11.8 Å². The summed E-state index contributed by atoms with van der Waals surface area (Å²) in [7, 11) is 0. The minimum atomic E-state index is -0.334. The van der Waals surface area contributed by atoms with Gasteiger partial charge in [-0.15, -0.1) is 0 Å². The number of rotatable bonds is 6. The molecule has 29 heavy (non-hydrogen) atoms. The second-order valence-corrected chi connectivity index (χ2v) is 8.83. The zero-order valence-electron chi connectivity index (χ0n) is 18.8. The van der Waals surface area contributed by atoms with E-state index in [4.69, 9.17) is 0 Å². The van der Waals surface area contributed by atoms with Crippen LogP contribution in [0.5, 0.6) is 0 Å². The van der Waals surface area contributed by atoms with E-state index in [-0.39, 0.29) is 23.3 Å². The summed E-state index contributed by atoms with van der Waals surface area (Å²) in [5.74, 6) is -0.663. The van der Waals surface area contributed by atoms with E-state index >= 15 is 0 Å². The largest absolute Gasteiger partial charge is 0.275 e. The average molecular weight is 395 g/mol. The van der Waals surface area contributed by atoms with Crippen LogP contribution < -0.4 is 5.43 Å². The van der Waals surface area contributed by atoms with Crippen molar-refractivity contribution in [3.63, 3.8) is 0 Å². The molecule has 2 rings (SSSR count). The van der Waals surface area contributed by atoms with Crippen LogP contribution in [0, 0.1) is 19.3 Å². The third kappa shape index (κ3) is 5.77. The Balaban J connectivity index is 2.45. The number of amides is 2. The van der Waals surface area contributed by atoms with Gasteiger partial charge >= 0.3 is 0 Å². The maximum Gasteiger partial charge on any atom is 0.275 e. The summed E-state index contributed by atoms with van der Waals surface area (Å²) in [6.45, 7) is 14.4. The predicted molar refractivity (Wildman–Crippen MR) is 119 cm³/mol. The van der Waals surface area contributed by atoms with Gasteiger partial charge in [0.15, 0.2) is 0 Å². The van der Waals surface area contributed by atoms with Crippen molar-refractivity contribution >= 4 is 11.8 Å². The van der Waals surface area contributed by atoms with E-state index in [1.54, 1.807) is 12.1 Å². The Labute approximate surface area is 175 Å². The van der Waals surface area contributed by atoms with Gasteiger partial charge in [0, 0.05) is 17.2 Å². The highest BCUT2D eigenvalue weighted by Crippen LogP contribution is 2.23. The fraction of sp³-hybridized carbons (Fsp3) is 0.440. The highest BCUT2D eigenvalue weighted by molar-refractivity contribution is 6.10. The minimum Gasteiger partial charge on any atom is -0.267 e. The molecule has 0 radical (unpaired) electrons. The van der Waals surface area contributed by atoms with E-state index < -0.39 is 0 Å². The first kappa shape index (κ1) is 22.8. The number of hydrogen-bond acceptors (Lipinski definition) is 3. The van der Waals surface area contributed by atoms with Crippen LogP contribution in [0.3, 0.4) is 0 Å². The van der Waals surface area contributed by atoms with Gasteiger partial charge < -0.3 is 0 Å². The third-order valence-electron chi connectivity index (χ3n) is 5.22. The summed E-state index contributed by atoms with van der Waals surface area (Å²) in [6, 6.07) is 13.1. The first-order valence-corrected chi connectivity index (χ1v) is 10.4. The second-order valence-electron chi connectivity index (χ2n) is 8.83. The van der Waals surface area contributed by atoms with Crippen LogP contribution in [0.15, 0.2) is 42.5 Å². The molecule has 4 nitrogen and oxygen atoms in total. The Hall–Kier alpha value is -2.46. The Morgan fingerprint density at radius 1 is 0.897 bits per heavy atom. The molecule has 0 saturated carbocycles. The zero-order valence-corrected chi connectivity index (χ0v) is 18.8. The Morgan fingerprint density at radius 3 is 1.86 bits per heavy atom. The maximum atomic E-state index is 13.4. The molecule has 2 aromatic carbocycles. The number of imide groups is 1. The van der Waals surface area contributed by atoms with Crippen molar-refractivity contribution in [2.24, 2.45) is 5.41 Å². The van der Waals surface area contributed by atoms with E-state index in [1.165, 1.54) is 5.01 Å². The molecule has 0 aliphatic heterocycles. The fourth-order valence-corrected chi connectivity index (χ4v) is 3.50. The van der Waals surface area contributed by atoms with Crippen LogP contribution in [-0.4, -0.2) is 22.9 Å². The van der Waals surface area contributed by atoms with Crippen molar-refractivity contribution in [1.29, 1.82) is 0 Å². The smallest absolute Gasteiger partial charge is 0.267 e. The highest BCUT2D eigenvalue weighted by Gasteiger charge is 2.31. The number of carbonyl (C=O) groups excluding carboxylic acids is 2. The van der Waals surface area contributed by atoms with Gasteiger partial charge in [-0.3, -0.25) is 9.59 Å². The van der Waals surface area contributed by atoms with Gasteiger partial charge in [0.2, 0.25) is 0 Å². The standard InChI is InChI=1S/C25H34N2O2/c1-8-19-10-12-20(13-11-19)23(28)27(26-22(9-2)25(5,6)7)24(29)21-15-17(3)14-18(4)16-21/h10-16,22,26H,8-9H2,1-7H3. The molecule has 0 fully saturated rings. The van der Waals surface area contributed by atoms with Gasteiger partial charge in [-0.2, -0.15) is 0 Å². The van der Waals surface area contributed by atoms with Crippen LogP contribution >= 0.6 is 0 Å². The summed E-state index contributed by atoms with van der Waals surface area (Å²) in [5.41, 5.74) is 7.29. The van der Waals surface area contributed by atoms with Crippen LogP contribution in [-0.2, 0) is 6.42 Å². The molecule has 1 unspecified atom stereocenters. The summed E-state index contributed by atoms with van der Waals surface area (Å²) in [6.07, 6.45) is 1.70. The zero-order chi connectivity index (χ0) is 21.8. The molecule has 0 aliphatic carbocycles. The Kier molecular flexibility index (Phi) is 7.37. The summed E-state index contributed by atoms with van der Waals surface area (Å²) >= 11 is 0. The van der Waals surface area contributed by atoms with Crippen molar-refractivity contribution in [2.75, 3.05) is 0 Å². The monoisotopic (exact) mass is 394 g/mol. The molecule has 2 amide bonds. The van der Waals surface area contributed by atoms with Gasteiger partial charge in [0.1, 0.15) is 0 Å². The molecule has 0 heterocycles. The van der Waals surface area contributed by atoms with Gasteiger partial charge in [-0.1, -0.05) is 63.9 Å². The molecule has 0 aliphatic rings. The normalized spacial score (nSPS) is 12.5. The lowest BCUT2D eigenvalue weighted by molar-refractivity contribution is 0.0430. The summed E-state index contributed by atoms with van der Waals surface area (Å²) < 4.78 is 0. The molecule has 1 N–H and O–H groups in total. The number of nitrogens with zero attached hydrogens (tertiary/aromatic N) is 1. The summed E-state index contributed by atoms with van der Waals surface area (Å²) in [5, 5.41) is 1.20. The van der Waals surface area contributed by atoms with Crippen molar-refractivity contribution in [3.8, 4) is 0 Å². The highest BCUT2D eigenvalue weighted by atomic mass is 16.2. The quantitative estimate of drug-likeness (QED) is 0.521. The lowest BCUT2D eigenvalue weighted by Gasteiger charge is -2.35. The van der Waals surface area contributed by atoms with Gasteiger partial charge in [-0.05, 0) is 61.9 Å². The first-order valence-electron chi connectivity index (χ1n) is 10.4. The van der Waals surface area contributed by atoms with E-state index in [9.17, 15) is 9.59 Å².